The largest absolute Gasteiger partial charge is 0.392 e. The zero-order valence-corrected chi connectivity index (χ0v) is 16.5. The molecule has 1 aromatic rings. The second kappa shape index (κ2) is 10.3. The monoisotopic (exact) mass is 363 g/mol. The number of carbonyl (C=O) groups is 2. The second-order valence-corrected chi connectivity index (χ2v) is 7.57. The van der Waals surface area contributed by atoms with E-state index in [9.17, 15) is 14.7 Å². The molecular formula is C20H33N3O3. The van der Waals surface area contributed by atoms with Gasteiger partial charge in [-0.3, -0.25) is 14.5 Å². The van der Waals surface area contributed by atoms with E-state index in [1.54, 1.807) is 19.1 Å². The minimum atomic E-state index is -0.723. The summed E-state index contributed by atoms with van der Waals surface area (Å²) >= 11 is 0. The van der Waals surface area contributed by atoms with Crippen molar-refractivity contribution in [3.05, 3.63) is 30.3 Å². The number of nitrogens with one attached hydrogen (secondary N) is 1. The number of hydrogen-bond donors (Lipinski definition) is 3. The molecule has 0 fully saturated rings. The zero-order chi connectivity index (χ0) is 19.9. The number of nitrogens with two attached hydrogens (primary N) is 1. The summed E-state index contributed by atoms with van der Waals surface area (Å²) in [6.07, 6.45) is -0.0891. The van der Waals surface area contributed by atoms with Gasteiger partial charge in [0.15, 0.2) is 0 Å². The first-order chi connectivity index (χ1) is 12.1. The number of rotatable bonds is 10. The summed E-state index contributed by atoms with van der Waals surface area (Å²) in [7, 11) is 0. The lowest BCUT2D eigenvalue weighted by Gasteiger charge is -2.35. The number of benzene rings is 1. The first-order valence-corrected chi connectivity index (χ1v) is 9.24. The molecule has 26 heavy (non-hydrogen) atoms. The highest BCUT2D eigenvalue weighted by Crippen LogP contribution is 2.23. The number of anilines is 1. The van der Waals surface area contributed by atoms with Crippen molar-refractivity contribution >= 4 is 17.5 Å². The van der Waals surface area contributed by atoms with Gasteiger partial charge in [-0.2, -0.15) is 0 Å². The molecule has 0 spiro atoms. The number of aliphatic hydroxyl groups excluding tert-OH is 1. The van der Waals surface area contributed by atoms with Gasteiger partial charge in [0.05, 0.1) is 12.1 Å². The van der Waals surface area contributed by atoms with Crippen LogP contribution in [-0.4, -0.2) is 41.7 Å². The minimum absolute atomic E-state index is 0.0139. The van der Waals surface area contributed by atoms with Gasteiger partial charge in [0.1, 0.15) is 6.04 Å². The Morgan fingerprint density at radius 2 is 1.69 bits per heavy atom. The summed E-state index contributed by atoms with van der Waals surface area (Å²) in [6, 6.07) is 7.88. The van der Waals surface area contributed by atoms with Crippen molar-refractivity contribution in [3.8, 4) is 0 Å². The average Bonchev–Trinajstić information content (AvgIpc) is 2.54. The van der Waals surface area contributed by atoms with E-state index in [1.807, 2.05) is 45.9 Å². The van der Waals surface area contributed by atoms with Gasteiger partial charge in [-0.1, -0.05) is 45.9 Å². The smallest absolute Gasteiger partial charge is 0.245 e. The van der Waals surface area contributed by atoms with Gasteiger partial charge < -0.3 is 16.2 Å². The minimum Gasteiger partial charge on any atom is -0.392 e. The fourth-order valence-corrected chi connectivity index (χ4v) is 2.90. The van der Waals surface area contributed by atoms with Crippen molar-refractivity contribution in [1.82, 2.24) is 5.32 Å². The molecule has 0 aliphatic heterocycles. The molecule has 0 aliphatic carbocycles. The van der Waals surface area contributed by atoms with Crippen LogP contribution in [0.5, 0.6) is 0 Å². The molecule has 0 bridgehead atoms. The normalized spacial score (nSPS) is 14.9. The predicted octanol–water partition coefficient (Wildman–Crippen LogP) is 1.91. The Morgan fingerprint density at radius 1 is 1.12 bits per heavy atom. The van der Waals surface area contributed by atoms with E-state index in [0.29, 0.717) is 18.7 Å². The highest BCUT2D eigenvalue weighted by molar-refractivity contribution is 6.03. The van der Waals surface area contributed by atoms with E-state index in [-0.39, 0.29) is 17.7 Å². The molecule has 1 unspecified atom stereocenters. The van der Waals surface area contributed by atoms with Crippen LogP contribution in [0, 0.1) is 11.8 Å². The van der Waals surface area contributed by atoms with E-state index in [0.717, 1.165) is 0 Å². The third kappa shape index (κ3) is 6.42. The topological polar surface area (TPSA) is 95.7 Å². The van der Waals surface area contributed by atoms with Gasteiger partial charge in [-0.25, -0.2) is 0 Å². The number of nitrogens with zero attached hydrogens (tertiary/aromatic N) is 1. The lowest BCUT2D eigenvalue weighted by Crippen LogP contribution is -2.57. The Bertz CT molecular complexity index is 573. The summed E-state index contributed by atoms with van der Waals surface area (Å²) < 4.78 is 0. The molecule has 2 amide bonds. The second-order valence-electron chi connectivity index (χ2n) is 7.57. The number of primary amides is 1. The Hall–Kier alpha value is -1.92. The third-order valence-corrected chi connectivity index (χ3v) is 4.17. The van der Waals surface area contributed by atoms with Crippen LogP contribution in [-0.2, 0) is 9.59 Å². The van der Waals surface area contributed by atoms with Crippen molar-refractivity contribution < 1.29 is 14.7 Å². The highest BCUT2D eigenvalue weighted by Gasteiger charge is 2.35. The lowest BCUT2D eigenvalue weighted by molar-refractivity contribution is -0.126. The Labute approximate surface area is 156 Å². The molecule has 0 saturated heterocycles. The zero-order valence-electron chi connectivity index (χ0n) is 16.5. The van der Waals surface area contributed by atoms with Crippen LogP contribution in [0.3, 0.4) is 0 Å². The number of aliphatic hydroxyl groups is 1. The van der Waals surface area contributed by atoms with Crippen LogP contribution >= 0.6 is 0 Å². The maximum absolute atomic E-state index is 13.4. The fourth-order valence-electron chi connectivity index (χ4n) is 2.90. The average molecular weight is 364 g/mol. The molecule has 0 heterocycles. The van der Waals surface area contributed by atoms with Gasteiger partial charge in [-0.15, -0.1) is 0 Å². The molecular weight excluding hydrogens is 330 g/mol. The Morgan fingerprint density at radius 3 is 2.12 bits per heavy atom. The predicted molar refractivity (Wildman–Crippen MR) is 105 cm³/mol. The number of amides is 2. The van der Waals surface area contributed by atoms with Gasteiger partial charge in [0, 0.05) is 12.2 Å². The number of carbonyl (C=O) groups excluding carboxylic acids is 2. The van der Waals surface area contributed by atoms with Gasteiger partial charge >= 0.3 is 0 Å². The van der Waals surface area contributed by atoms with Crippen molar-refractivity contribution in [3.63, 3.8) is 0 Å². The summed E-state index contributed by atoms with van der Waals surface area (Å²) in [6.45, 7) is 9.81. The van der Waals surface area contributed by atoms with Gasteiger partial charge in [-0.05, 0) is 37.3 Å². The van der Waals surface area contributed by atoms with E-state index < -0.39 is 24.1 Å². The Kier molecular flexibility index (Phi) is 8.75. The molecule has 3 atom stereocenters. The molecule has 1 aromatic carbocycles. The molecule has 0 aliphatic rings. The summed E-state index contributed by atoms with van der Waals surface area (Å²) in [4.78, 5) is 27.1. The molecule has 6 heteroatoms. The third-order valence-electron chi connectivity index (χ3n) is 4.17. The molecule has 0 aromatic heterocycles. The van der Waals surface area contributed by atoms with Crippen molar-refractivity contribution in [2.75, 3.05) is 11.4 Å². The summed E-state index contributed by atoms with van der Waals surface area (Å²) in [5, 5.41) is 12.7. The SMILES string of the molecule is CC(C)C[C@@H](C(N)=O)N(C(=O)[C@@H](NCC(C)O)C(C)C)c1ccccc1. The lowest BCUT2D eigenvalue weighted by atomic mass is 9.97. The van der Waals surface area contributed by atoms with Crippen LogP contribution in [0.2, 0.25) is 0 Å². The van der Waals surface area contributed by atoms with Crippen LogP contribution in [0.1, 0.15) is 41.0 Å². The van der Waals surface area contributed by atoms with E-state index in [4.69, 9.17) is 5.73 Å². The van der Waals surface area contributed by atoms with Gasteiger partial charge in [0.2, 0.25) is 11.8 Å². The standard InChI is InChI=1S/C20H33N3O3/c1-13(2)11-17(19(21)25)23(16-9-7-6-8-10-16)20(26)18(14(3)4)22-12-15(5)24/h6-10,13-15,17-18,22,24H,11-12H2,1-5H3,(H2,21,25)/t15?,17-,18-/m0/s1. The molecule has 4 N–H and O–H groups in total. The van der Waals surface area contributed by atoms with Crippen LogP contribution in [0.25, 0.3) is 0 Å². The van der Waals surface area contributed by atoms with E-state index in [2.05, 4.69) is 5.32 Å². The summed E-state index contributed by atoms with van der Waals surface area (Å²) in [5.41, 5.74) is 6.31. The maximum Gasteiger partial charge on any atom is 0.245 e. The molecule has 6 nitrogen and oxygen atoms in total. The molecule has 0 saturated carbocycles. The van der Waals surface area contributed by atoms with Gasteiger partial charge in [0.25, 0.3) is 0 Å². The molecule has 0 radical (unpaired) electrons. The van der Waals surface area contributed by atoms with Crippen LogP contribution in [0.15, 0.2) is 30.3 Å². The van der Waals surface area contributed by atoms with Crippen molar-refractivity contribution in [2.45, 2.75) is 59.2 Å². The Balaban J connectivity index is 3.28. The highest BCUT2D eigenvalue weighted by atomic mass is 16.3. The van der Waals surface area contributed by atoms with Crippen molar-refractivity contribution in [1.29, 1.82) is 0 Å². The summed E-state index contributed by atoms with van der Waals surface area (Å²) in [5.74, 6) is -0.542. The van der Waals surface area contributed by atoms with E-state index >= 15 is 0 Å². The maximum atomic E-state index is 13.4. The van der Waals surface area contributed by atoms with Crippen LogP contribution in [0.4, 0.5) is 5.69 Å². The number of para-hydroxylation sites is 1. The first kappa shape index (κ1) is 22.1. The molecule has 1 rings (SSSR count). The number of hydrogen-bond acceptors (Lipinski definition) is 4. The fraction of sp³-hybridized carbons (Fsp3) is 0.600. The van der Waals surface area contributed by atoms with Crippen LogP contribution < -0.4 is 16.0 Å². The molecule has 146 valence electrons. The first-order valence-electron chi connectivity index (χ1n) is 9.24. The van der Waals surface area contributed by atoms with Crippen molar-refractivity contribution in [2.24, 2.45) is 17.6 Å². The quantitative estimate of drug-likeness (QED) is 0.592. The van der Waals surface area contributed by atoms with E-state index in [1.165, 1.54) is 4.90 Å².